The van der Waals surface area contributed by atoms with Crippen molar-refractivity contribution in [3.8, 4) is 0 Å². The van der Waals surface area contributed by atoms with Crippen molar-refractivity contribution < 1.29 is 65.2 Å². The van der Waals surface area contributed by atoms with Crippen LogP contribution in [-0.4, -0.2) is 78.3 Å². The number of rotatable bonds is 32. The van der Waals surface area contributed by atoms with Crippen LogP contribution < -0.4 is 20.4 Å². The van der Waals surface area contributed by atoms with Gasteiger partial charge in [-0.3, -0.25) is 0 Å². The van der Waals surface area contributed by atoms with E-state index in [2.05, 4.69) is 13.8 Å². The van der Waals surface area contributed by atoms with E-state index in [0.717, 1.165) is 26.1 Å². The fourth-order valence-corrected chi connectivity index (χ4v) is 4.14. The van der Waals surface area contributed by atoms with Crippen LogP contribution in [0.2, 0.25) is 0 Å². The molecule has 0 heterocycles. The summed E-state index contributed by atoms with van der Waals surface area (Å²) in [5.74, 6) is 0. The van der Waals surface area contributed by atoms with Crippen LogP contribution in [-0.2, 0) is 44.8 Å². The van der Waals surface area contributed by atoms with Crippen molar-refractivity contribution in [1.29, 1.82) is 0 Å². The Morgan fingerprint density at radius 1 is 0.340 bits per heavy atom. The minimum Gasteiger partial charge on any atom is -0.853 e. The molecule has 0 N–H and O–H groups in total. The Hall–Kier alpha value is 0.550. The van der Waals surface area contributed by atoms with Crippen LogP contribution in [0.25, 0.3) is 0 Å². The molecular weight excluding hydrogens is 763 g/mol. The zero-order chi connectivity index (χ0) is 35.2. The molecule has 0 aliphatic carbocycles. The van der Waals surface area contributed by atoms with Gasteiger partial charge >= 0.3 is 25.8 Å². The predicted molar refractivity (Wildman–Crippen MR) is 187 cm³/mol. The number of hydrogen-bond donors (Lipinski definition) is 0. The monoisotopic (exact) mass is 845 g/mol. The summed E-state index contributed by atoms with van der Waals surface area (Å²) in [6.45, 7) is 15.3. The third-order valence-electron chi connectivity index (χ3n) is 6.48. The van der Waals surface area contributed by atoms with Gasteiger partial charge in [0.25, 0.3) is 0 Å². The number of hydrogen-bond acceptors (Lipinski definition) is 8. The van der Waals surface area contributed by atoms with E-state index < -0.39 is 12.2 Å². The molecule has 0 rings (SSSR count). The molecule has 0 unspecified atom stereocenters. The minimum atomic E-state index is -0.417. The fourth-order valence-electron chi connectivity index (χ4n) is 4.14. The topological polar surface area (TPSA) is 129 Å². The van der Waals surface area contributed by atoms with Crippen molar-refractivity contribution >= 4 is 0 Å². The average Bonchev–Trinajstić information content (AvgIpc) is 3.01. The van der Waals surface area contributed by atoms with Gasteiger partial charge in [0.05, 0.1) is 26.4 Å². The fraction of sp³-hybridized carbons (Fsp3) is 1.00. The molecule has 0 amide bonds. The van der Waals surface area contributed by atoms with Gasteiger partial charge < -0.3 is 39.4 Å². The largest absolute Gasteiger partial charge is 4.00 e. The van der Waals surface area contributed by atoms with Gasteiger partial charge in [0, 0.05) is 26.4 Å². The molecule has 47 heavy (non-hydrogen) atoms. The molecule has 0 fully saturated rings. The molecule has 9 heteroatoms. The van der Waals surface area contributed by atoms with Gasteiger partial charge in [-0.1, -0.05) is 157 Å². The molecule has 0 aromatic heterocycles. The standard InChI is InChI=1S/2C16H33O3.2C3H7O.Hf/c2*1-2-3-4-5-6-7-8-9-10-11-13-18-15-16-19-14-12-17;2*1-3(2)4;/h2*2-16H2,1H3;2*3H,1-2H3;/q4*-1;+4. The van der Waals surface area contributed by atoms with Crippen LogP contribution in [0, 0.1) is 0 Å². The summed E-state index contributed by atoms with van der Waals surface area (Å²) in [5.41, 5.74) is 0. The summed E-state index contributed by atoms with van der Waals surface area (Å²) in [7, 11) is 0. The van der Waals surface area contributed by atoms with E-state index in [1.54, 1.807) is 27.7 Å². The van der Waals surface area contributed by atoms with Gasteiger partial charge in [0.1, 0.15) is 0 Å². The number of ether oxygens (including phenoxy) is 4. The van der Waals surface area contributed by atoms with Gasteiger partial charge in [-0.05, 0) is 12.8 Å². The quantitative estimate of drug-likeness (QED) is 0.0587. The molecule has 0 aliphatic heterocycles. The SMILES string of the molecule is CC(C)[O-].CC(C)[O-].CCCCCCCCCCCCOCCOCC[O-].CCCCCCCCCCCCOCCOCC[O-].[Hf+4]. The second-order valence-corrected chi connectivity index (χ2v) is 12.3. The molecule has 0 aromatic carbocycles. The van der Waals surface area contributed by atoms with Gasteiger partial charge in [-0.2, -0.15) is 0 Å². The number of unbranched alkanes of at least 4 members (excludes halogenated alkanes) is 18. The normalized spacial score (nSPS) is 10.5. The summed E-state index contributed by atoms with van der Waals surface area (Å²) < 4.78 is 20.9. The van der Waals surface area contributed by atoms with Crippen molar-refractivity contribution in [3.63, 3.8) is 0 Å². The second kappa shape index (κ2) is 58.7. The maximum atomic E-state index is 10.1. The zero-order valence-electron chi connectivity index (χ0n) is 32.1. The van der Waals surface area contributed by atoms with Crippen LogP contribution in [0.15, 0.2) is 0 Å². The smallest absolute Gasteiger partial charge is 0.853 e. The summed E-state index contributed by atoms with van der Waals surface area (Å²) in [5, 5.41) is 39.3. The molecule has 0 bridgehead atoms. The molecule has 0 saturated carbocycles. The van der Waals surface area contributed by atoms with E-state index in [1.807, 2.05) is 0 Å². The van der Waals surface area contributed by atoms with E-state index in [4.69, 9.17) is 18.9 Å². The maximum absolute atomic E-state index is 10.1. The van der Waals surface area contributed by atoms with Crippen molar-refractivity contribution in [2.45, 2.75) is 182 Å². The van der Waals surface area contributed by atoms with Crippen LogP contribution in [0.3, 0.4) is 0 Å². The Morgan fingerprint density at radius 3 is 0.745 bits per heavy atom. The van der Waals surface area contributed by atoms with Crippen LogP contribution >= 0.6 is 0 Å². The van der Waals surface area contributed by atoms with Crippen LogP contribution in [0.4, 0.5) is 0 Å². The first kappa shape index (κ1) is 56.9. The van der Waals surface area contributed by atoms with Gasteiger partial charge in [0.2, 0.25) is 0 Å². The Kier molecular flexibility index (Phi) is 71.1. The first-order valence-corrected chi connectivity index (χ1v) is 19.1. The Morgan fingerprint density at radius 2 is 0.532 bits per heavy atom. The van der Waals surface area contributed by atoms with E-state index in [-0.39, 0.29) is 39.1 Å². The molecule has 0 aromatic rings. The first-order valence-electron chi connectivity index (χ1n) is 19.1. The zero-order valence-corrected chi connectivity index (χ0v) is 35.7. The Bertz CT molecular complexity index is 382. The average molecular weight is 844 g/mol. The molecule has 0 spiro atoms. The Balaban J connectivity index is -0.000000200. The first-order chi connectivity index (χ1) is 22.3. The van der Waals surface area contributed by atoms with Crippen molar-refractivity contribution in [3.05, 3.63) is 0 Å². The van der Waals surface area contributed by atoms with Gasteiger partial charge in [-0.25, -0.2) is 0 Å². The molecule has 0 radical (unpaired) electrons. The van der Waals surface area contributed by atoms with E-state index in [1.165, 1.54) is 116 Å². The van der Waals surface area contributed by atoms with Crippen LogP contribution in [0.1, 0.15) is 170 Å². The second-order valence-electron chi connectivity index (χ2n) is 12.3. The van der Waals surface area contributed by atoms with Gasteiger partial charge in [-0.15, -0.1) is 25.4 Å². The third-order valence-corrected chi connectivity index (χ3v) is 6.48. The summed E-state index contributed by atoms with van der Waals surface area (Å²) >= 11 is 0. The van der Waals surface area contributed by atoms with Crippen molar-refractivity contribution in [1.82, 2.24) is 0 Å². The summed E-state index contributed by atoms with van der Waals surface area (Å²) in [4.78, 5) is 0. The van der Waals surface area contributed by atoms with Crippen molar-refractivity contribution in [2.24, 2.45) is 0 Å². The third kappa shape index (κ3) is 87.2. The predicted octanol–water partition coefficient (Wildman–Crippen LogP) is 6.11. The molecular formula is C38H80HfO8. The molecule has 284 valence electrons. The molecule has 0 saturated heterocycles. The summed E-state index contributed by atoms with van der Waals surface area (Å²) in [6, 6.07) is 0. The van der Waals surface area contributed by atoms with Gasteiger partial charge in [0.15, 0.2) is 0 Å². The maximum Gasteiger partial charge on any atom is 4.00 e. The van der Waals surface area contributed by atoms with Crippen LogP contribution in [0.5, 0.6) is 0 Å². The van der Waals surface area contributed by atoms with E-state index in [9.17, 15) is 20.4 Å². The molecule has 8 nitrogen and oxygen atoms in total. The molecule has 0 aliphatic rings. The van der Waals surface area contributed by atoms with E-state index >= 15 is 0 Å². The minimum absolute atomic E-state index is 0. The Labute approximate surface area is 312 Å². The van der Waals surface area contributed by atoms with Crippen molar-refractivity contribution in [2.75, 3.05) is 66.1 Å². The van der Waals surface area contributed by atoms with E-state index in [0.29, 0.717) is 39.6 Å². The summed E-state index contributed by atoms with van der Waals surface area (Å²) in [6.07, 6.45) is 26.2. The molecule has 0 atom stereocenters.